The zero-order valence-electron chi connectivity index (χ0n) is 18.2. The van der Waals surface area contributed by atoms with Crippen LogP contribution in [0.25, 0.3) is 0 Å². The Balaban J connectivity index is 2.09. The number of hydrogen-bond acceptors (Lipinski definition) is 5. The summed E-state index contributed by atoms with van der Waals surface area (Å²) in [5.74, 6) is 1.91. The van der Waals surface area contributed by atoms with E-state index >= 15 is 0 Å². The minimum Gasteiger partial charge on any atom is -0.391 e. The van der Waals surface area contributed by atoms with Crippen LogP contribution in [0.5, 0.6) is 0 Å². The second-order valence-corrected chi connectivity index (χ2v) is 8.60. The Morgan fingerprint density at radius 3 is 2.60 bits per heavy atom. The number of nitrogens with one attached hydrogen (secondary N) is 1. The number of nitrogens with zero attached hydrogens (tertiary/aromatic N) is 1. The predicted octanol–water partition coefficient (Wildman–Crippen LogP) is 1.20. The number of terminal acetylenes is 1. The average molecular weight is 416 g/mol. The van der Waals surface area contributed by atoms with Gasteiger partial charge in [-0.3, -0.25) is 9.59 Å². The molecule has 1 aromatic carbocycles. The normalized spacial score (nSPS) is 21.0. The van der Waals surface area contributed by atoms with Crippen molar-refractivity contribution in [2.75, 3.05) is 20.3 Å². The molecule has 0 saturated carbocycles. The van der Waals surface area contributed by atoms with Gasteiger partial charge in [0.2, 0.25) is 11.8 Å². The second-order valence-electron chi connectivity index (χ2n) is 8.60. The van der Waals surface area contributed by atoms with Crippen LogP contribution in [0, 0.1) is 17.8 Å². The van der Waals surface area contributed by atoms with Crippen molar-refractivity contribution in [1.82, 2.24) is 10.2 Å². The third-order valence-electron chi connectivity index (χ3n) is 5.86. The van der Waals surface area contributed by atoms with Crippen LogP contribution in [-0.2, 0) is 14.3 Å². The fraction of sp³-hybridized carbons (Fsp3) is 0.565. The number of β-amino-alcohol motifs (C(OH)–C–C–N with tert-alkyl or cyclic N) is 1. The highest BCUT2D eigenvalue weighted by atomic mass is 16.5. The molecule has 0 radical (unpaired) electrons. The first kappa shape index (κ1) is 23.9. The Bertz CT molecular complexity index is 785. The standard InChI is InChI=1S/C23H33N3O4/c1-6-16-7-9-17(10-8-16)15(2)25-21(28)19-13-18(27)14-26(19)22(29)20(24)23(3,4)11-12-30-5/h1,7-10,15,18-20,27H,11-14,24H2,2-5H3,(H,25,28)/t15-,18+,19-,20+/m0/s1. The molecule has 164 valence electrons. The van der Waals surface area contributed by atoms with Gasteiger partial charge in [-0.1, -0.05) is 31.9 Å². The number of rotatable bonds is 8. The van der Waals surface area contributed by atoms with Crippen molar-refractivity contribution in [3.8, 4) is 12.3 Å². The first-order chi connectivity index (χ1) is 14.1. The predicted molar refractivity (Wildman–Crippen MR) is 115 cm³/mol. The molecule has 1 aliphatic heterocycles. The molecule has 2 rings (SSSR count). The molecule has 0 spiro atoms. The molecule has 4 N–H and O–H groups in total. The lowest BCUT2D eigenvalue weighted by Gasteiger charge is -2.35. The Morgan fingerprint density at radius 2 is 2.03 bits per heavy atom. The van der Waals surface area contributed by atoms with Gasteiger partial charge in [0.05, 0.1) is 18.2 Å². The van der Waals surface area contributed by atoms with Crippen molar-refractivity contribution in [3.63, 3.8) is 0 Å². The van der Waals surface area contributed by atoms with E-state index in [0.29, 0.717) is 13.0 Å². The van der Waals surface area contributed by atoms with Crippen LogP contribution in [-0.4, -0.2) is 60.3 Å². The molecule has 1 aromatic rings. The molecular weight excluding hydrogens is 382 g/mol. The minimum absolute atomic E-state index is 0.0935. The number of aliphatic hydroxyl groups excluding tert-OH is 1. The maximum Gasteiger partial charge on any atom is 0.243 e. The summed E-state index contributed by atoms with van der Waals surface area (Å²) in [5.41, 5.74) is 7.42. The molecule has 4 atom stereocenters. The molecule has 2 amide bonds. The number of likely N-dealkylation sites (tertiary alicyclic amines) is 1. The van der Waals surface area contributed by atoms with E-state index in [9.17, 15) is 14.7 Å². The van der Waals surface area contributed by atoms with E-state index in [1.54, 1.807) is 7.11 Å². The van der Waals surface area contributed by atoms with E-state index in [1.165, 1.54) is 4.90 Å². The molecule has 7 nitrogen and oxygen atoms in total. The molecule has 1 saturated heterocycles. The summed E-state index contributed by atoms with van der Waals surface area (Å²) < 4.78 is 5.11. The van der Waals surface area contributed by atoms with Crippen molar-refractivity contribution in [2.45, 2.75) is 57.8 Å². The van der Waals surface area contributed by atoms with E-state index in [1.807, 2.05) is 45.0 Å². The summed E-state index contributed by atoms with van der Waals surface area (Å²) in [7, 11) is 1.60. The van der Waals surface area contributed by atoms with Crippen LogP contribution in [0.4, 0.5) is 0 Å². The minimum atomic E-state index is -0.804. The van der Waals surface area contributed by atoms with Crippen LogP contribution >= 0.6 is 0 Å². The number of hydrogen-bond donors (Lipinski definition) is 3. The van der Waals surface area contributed by atoms with Gasteiger partial charge in [0.15, 0.2) is 0 Å². The monoisotopic (exact) mass is 415 g/mol. The number of nitrogens with two attached hydrogens (primary N) is 1. The fourth-order valence-corrected chi connectivity index (χ4v) is 3.60. The largest absolute Gasteiger partial charge is 0.391 e. The van der Waals surface area contributed by atoms with Gasteiger partial charge in [0.25, 0.3) is 0 Å². The van der Waals surface area contributed by atoms with Gasteiger partial charge in [-0.05, 0) is 36.5 Å². The fourth-order valence-electron chi connectivity index (χ4n) is 3.60. The highest BCUT2D eigenvalue weighted by molar-refractivity contribution is 5.91. The zero-order chi connectivity index (χ0) is 22.5. The lowest BCUT2D eigenvalue weighted by molar-refractivity contribution is -0.142. The Hall–Kier alpha value is -2.40. The first-order valence-electron chi connectivity index (χ1n) is 10.2. The van der Waals surface area contributed by atoms with Crippen molar-refractivity contribution >= 4 is 11.8 Å². The van der Waals surface area contributed by atoms with Gasteiger partial charge in [-0.2, -0.15) is 0 Å². The third kappa shape index (κ3) is 5.60. The highest BCUT2D eigenvalue weighted by Gasteiger charge is 2.43. The number of carbonyl (C=O) groups is 2. The molecule has 30 heavy (non-hydrogen) atoms. The smallest absolute Gasteiger partial charge is 0.243 e. The van der Waals surface area contributed by atoms with Crippen molar-refractivity contribution in [2.24, 2.45) is 11.1 Å². The van der Waals surface area contributed by atoms with Gasteiger partial charge in [0.1, 0.15) is 6.04 Å². The first-order valence-corrected chi connectivity index (χ1v) is 10.2. The van der Waals surface area contributed by atoms with E-state index in [-0.39, 0.29) is 30.8 Å². The van der Waals surface area contributed by atoms with Crippen LogP contribution in [0.2, 0.25) is 0 Å². The third-order valence-corrected chi connectivity index (χ3v) is 5.86. The number of ether oxygens (including phenoxy) is 1. The maximum atomic E-state index is 13.1. The molecule has 1 heterocycles. The Kier molecular flexibility index (Phi) is 8.02. The molecule has 0 unspecified atom stereocenters. The molecular formula is C23H33N3O4. The number of methoxy groups -OCH3 is 1. The summed E-state index contributed by atoms with van der Waals surface area (Å²) >= 11 is 0. The molecule has 1 aliphatic rings. The summed E-state index contributed by atoms with van der Waals surface area (Å²) in [6, 6.07) is 5.52. The maximum absolute atomic E-state index is 13.1. The zero-order valence-corrected chi connectivity index (χ0v) is 18.2. The number of benzene rings is 1. The topological polar surface area (TPSA) is 105 Å². The summed E-state index contributed by atoms with van der Waals surface area (Å²) in [6.45, 7) is 6.24. The summed E-state index contributed by atoms with van der Waals surface area (Å²) in [5, 5.41) is 13.1. The molecule has 0 aromatic heterocycles. The Labute approximate surface area is 179 Å². The quantitative estimate of drug-likeness (QED) is 0.554. The molecule has 7 heteroatoms. The van der Waals surface area contributed by atoms with E-state index in [4.69, 9.17) is 16.9 Å². The number of carbonyl (C=O) groups excluding carboxylic acids is 2. The van der Waals surface area contributed by atoms with Crippen molar-refractivity contribution in [1.29, 1.82) is 0 Å². The van der Waals surface area contributed by atoms with Crippen LogP contribution in [0.15, 0.2) is 24.3 Å². The molecule has 1 fully saturated rings. The average Bonchev–Trinajstić information content (AvgIpc) is 3.13. The lowest BCUT2D eigenvalue weighted by Crippen LogP contribution is -2.55. The van der Waals surface area contributed by atoms with Gasteiger partial charge in [0, 0.05) is 32.2 Å². The van der Waals surface area contributed by atoms with E-state index < -0.39 is 23.6 Å². The van der Waals surface area contributed by atoms with Crippen LogP contribution < -0.4 is 11.1 Å². The summed E-state index contributed by atoms with van der Waals surface area (Å²) in [6.07, 6.45) is 5.41. The van der Waals surface area contributed by atoms with Crippen LogP contribution in [0.3, 0.4) is 0 Å². The lowest BCUT2D eigenvalue weighted by atomic mass is 9.81. The van der Waals surface area contributed by atoms with Crippen molar-refractivity contribution in [3.05, 3.63) is 35.4 Å². The van der Waals surface area contributed by atoms with Crippen LogP contribution in [0.1, 0.15) is 50.8 Å². The second kappa shape index (κ2) is 10.1. The highest BCUT2D eigenvalue weighted by Crippen LogP contribution is 2.28. The van der Waals surface area contributed by atoms with Gasteiger partial charge in [-0.25, -0.2) is 0 Å². The van der Waals surface area contributed by atoms with E-state index in [2.05, 4.69) is 11.2 Å². The van der Waals surface area contributed by atoms with Gasteiger partial charge in [-0.15, -0.1) is 6.42 Å². The molecule has 0 bridgehead atoms. The van der Waals surface area contributed by atoms with Gasteiger partial charge < -0.3 is 25.8 Å². The van der Waals surface area contributed by atoms with Gasteiger partial charge >= 0.3 is 0 Å². The summed E-state index contributed by atoms with van der Waals surface area (Å²) in [4.78, 5) is 27.4. The number of amides is 2. The Morgan fingerprint density at radius 1 is 1.40 bits per heavy atom. The van der Waals surface area contributed by atoms with Crippen molar-refractivity contribution < 1.29 is 19.4 Å². The molecule has 0 aliphatic carbocycles. The van der Waals surface area contributed by atoms with E-state index in [0.717, 1.165) is 11.1 Å². The number of aliphatic hydroxyl groups is 1. The SMILES string of the molecule is C#Cc1ccc([C@H](C)NC(=O)[C@@H]2C[C@@H](O)CN2C(=O)[C@@H](N)C(C)(C)CCOC)cc1.